The summed E-state index contributed by atoms with van der Waals surface area (Å²) in [6, 6.07) is 0.637. The quantitative estimate of drug-likeness (QED) is 0.726. The summed E-state index contributed by atoms with van der Waals surface area (Å²) >= 11 is 0. The zero-order valence-corrected chi connectivity index (χ0v) is 12.0. The molecule has 0 aromatic rings. The van der Waals surface area contributed by atoms with Gasteiger partial charge in [-0.3, -0.25) is 9.69 Å². The molecule has 2 N–H and O–H groups in total. The van der Waals surface area contributed by atoms with E-state index >= 15 is 0 Å². The van der Waals surface area contributed by atoms with Gasteiger partial charge in [-0.25, -0.2) is 0 Å². The molecular formula is C14H28N2O2. The third kappa shape index (κ3) is 5.36. The van der Waals surface area contributed by atoms with Crippen LogP contribution < -0.4 is 5.32 Å². The van der Waals surface area contributed by atoms with Crippen LogP contribution in [0.5, 0.6) is 0 Å². The molecule has 18 heavy (non-hydrogen) atoms. The van der Waals surface area contributed by atoms with E-state index in [0.29, 0.717) is 12.6 Å². The molecule has 1 saturated heterocycles. The molecule has 1 amide bonds. The van der Waals surface area contributed by atoms with Crippen LogP contribution in [0.15, 0.2) is 0 Å². The lowest BCUT2D eigenvalue weighted by Gasteiger charge is -2.25. The molecule has 4 nitrogen and oxygen atoms in total. The van der Waals surface area contributed by atoms with Gasteiger partial charge in [0.1, 0.15) is 0 Å². The van der Waals surface area contributed by atoms with Crippen LogP contribution in [0.4, 0.5) is 0 Å². The number of rotatable bonds is 7. The Bertz CT molecular complexity index is 256. The largest absolute Gasteiger partial charge is 0.393 e. The van der Waals surface area contributed by atoms with E-state index < -0.39 is 0 Å². The number of carbonyl (C=O) groups is 1. The fourth-order valence-electron chi connectivity index (χ4n) is 2.77. The zero-order valence-electron chi connectivity index (χ0n) is 12.0. The number of hydrogen-bond acceptors (Lipinski definition) is 3. The normalized spacial score (nSPS) is 23.9. The van der Waals surface area contributed by atoms with Gasteiger partial charge in [0.2, 0.25) is 5.91 Å². The average Bonchev–Trinajstić information content (AvgIpc) is 2.64. The third-order valence-electron chi connectivity index (χ3n) is 3.59. The van der Waals surface area contributed by atoms with E-state index in [2.05, 4.69) is 24.1 Å². The van der Waals surface area contributed by atoms with Gasteiger partial charge < -0.3 is 10.4 Å². The maximum absolute atomic E-state index is 11.9. The van der Waals surface area contributed by atoms with Gasteiger partial charge in [-0.05, 0) is 46.1 Å². The third-order valence-corrected chi connectivity index (χ3v) is 3.59. The highest BCUT2D eigenvalue weighted by Gasteiger charge is 2.27. The van der Waals surface area contributed by atoms with Crippen molar-refractivity contribution in [2.75, 3.05) is 13.1 Å². The summed E-state index contributed by atoms with van der Waals surface area (Å²) in [4.78, 5) is 14.1. The van der Waals surface area contributed by atoms with Crippen LogP contribution >= 0.6 is 0 Å². The highest BCUT2D eigenvalue weighted by atomic mass is 16.3. The smallest absolute Gasteiger partial charge is 0.234 e. The van der Waals surface area contributed by atoms with Crippen molar-refractivity contribution in [2.24, 2.45) is 0 Å². The number of aliphatic hydroxyl groups excluding tert-OH is 1. The van der Waals surface area contributed by atoms with Gasteiger partial charge in [0.05, 0.1) is 12.6 Å². The number of hydrogen-bond donors (Lipinski definition) is 2. The first-order valence-corrected chi connectivity index (χ1v) is 7.24. The summed E-state index contributed by atoms with van der Waals surface area (Å²) in [6.07, 6.45) is 4.85. The van der Waals surface area contributed by atoms with Crippen LogP contribution in [0.2, 0.25) is 0 Å². The van der Waals surface area contributed by atoms with Crippen LogP contribution in [0, 0.1) is 0 Å². The minimum Gasteiger partial charge on any atom is -0.393 e. The molecule has 1 fully saturated rings. The minimum atomic E-state index is -0.280. The molecule has 0 aromatic carbocycles. The molecule has 0 aliphatic carbocycles. The van der Waals surface area contributed by atoms with Gasteiger partial charge in [0.15, 0.2) is 0 Å². The van der Waals surface area contributed by atoms with E-state index in [1.165, 1.54) is 0 Å². The lowest BCUT2D eigenvalue weighted by Crippen LogP contribution is -2.43. The van der Waals surface area contributed by atoms with Crippen LogP contribution in [0.25, 0.3) is 0 Å². The van der Waals surface area contributed by atoms with Crippen molar-refractivity contribution < 1.29 is 9.90 Å². The molecule has 4 heteroatoms. The van der Waals surface area contributed by atoms with Crippen molar-refractivity contribution in [1.82, 2.24) is 10.2 Å². The van der Waals surface area contributed by atoms with Crippen molar-refractivity contribution in [2.45, 2.75) is 71.1 Å². The molecule has 3 atom stereocenters. The number of amides is 1. The molecule has 0 aromatic heterocycles. The van der Waals surface area contributed by atoms with Crippen molar-refractivity contribution in [3.63, 3.8) is 0 Å². The Kier molecular flexibility index (Phi) is 6.65. The zero-order chi connectivity index (χ0) is 13.5. The van der Waals surface area contributed by atoms with Crippen molar-refractivity contribution in [3.05, 3.63) is 0 Å². The second-order valence-electron chi connectivity index (χ2n) is 5.61. The Morgan fingerprint density at radius 2 is 2.22 bits per heavy atom. The second kappa shape index (κ2) is 7.74. The molecule has 106 valence electrons. The molecule has 1 aliphatic heterocycles. The molecule has 0 bridgehead atoms. The van der Waals surface area contributed by atoms with Gasteiger partial charge in [-0.1, -0.05) is 13.3 Å². The summed E-state index contributed by atoms with van der Waals surface area (Å²) in [5.41, 5.74) is 0. The summed E-state index contributed by atoms with van der Waals surface area (Å²) in [5.74, 6) is 0.119. The summed E-state index contributed by atoms with van der Waals surface area (Å²) < 4.78 is 0. The lowest BCUT2D eigenvalue weighted by atomic mass is 10.1. The molecule has 1 heterocycles. The van der Waals surface area contributed by atoms with Gasteiger partial charge in [-0.2, -0.15) is 0 Å². The molecule has 3 unspecified atom stereocenters. The van der Waals surface area contributed by atoms with Crippen LogP contribution in [-0.4, -0.2) is 47.2 Å². The first-order valence-electron chi connectivity index (χ1n) is 7.24. The molecule has 0 spiro atoms. The standard InChI is InChI=1S/C14H28N2O2/c1-4-6-11(2)15-14(18)10-16-8-5-7-13(16)9-12(3)17/h11-13,17H,4-10H2,1-3H3,(H,15,18). The Balaban J connectivity index is 2.33. The summed E-state index contributed by atoms with van der Waals surface area (Å²) in [5, 5.41) is 12.5. The monoisotopic (exact) mass is 256 g/mol. The van der Waals surface area contributed by atoms with Crippen LogP contribution in [0.3, 0.4) is 0 Å². The van der Waals surface area contributed by atoms with Crippen LogP contribution in [-0.2, 0) is 4.79 Å². The number of carbonyl (C=O) groups excluding carboxylic acids is 1. The van der Waals surface area contributed by atoms with Gasteiger partial charge in [-0.15, -0.1) is 0 Å². The molecule has 1 rings (SSSR count). The number of nitrogens with one attached hydrogen (secondary N) is 1. The first-order chi connectivity index (χ1) is 8.52. The molecule has 1 aliphatic rings. The topological polar surface area (TPSA) is 52.6 Å². The van der Waals surface area contributed by atoms with Crippen molar-refractivity contribution in [3.8, 4) is 0 Å². The van der Waals surface area contributed by atoms with Gasteiger partial charge in [0, 0.05) is 12.1 Å². The molecule has 0 saturated carbocycles. The fraction of sp³-hybridized carbons (Fsp3) is 0.929. The molecule has 0 radical (unpaired) electrons. The minimum absolute atomic E-state index is 0.119. The highest BCUT2D eigenvalue weighted by Crippen LogP contribution is 2.20. The van der Waals surface area contributed by atoms with Gasteiger partial charge >= 0.3 is 0 Å². The van der Waals surface area contributed by atoms with Crippen molar-refractivity contribution >= 4 is 5.91 Å². The average molecular weight is 256 g/mol. The van der Waals surface area contributed by atoms with E-state index in [1.54, 1.807) is 0 Å². The van der Waals surface area contributed by atoms with Crippen LogP contribution in [0.1, 0.15) is 52.9 Å². The summed E-state index contributed by atoms with van der Waals surface area (Å²) in [7, 11) is 0. The SMILES string of the molecule is CCCC(C)NC(=O)CN1CCCC1CC(C)O. The highest BCUT2D eigenvalue weighted by molar-refractivity contribution is 5.78. The predicted molar refractivity (Wildman–Crippen MR) is 73.4 cm³/mol. The van der Waals surface area contributed by atoms with E-state index in [0.717, 1.165) is 38.6 Å². The Hall–Kier alpha value is -0.610. The summed E-state index contributed by atoms with van der Waals surface area (Å²) in [6.45, 7) is 7.46. The number of likely N-dealkylation sites (tertiary alicyclic amines) is 1. The second-order valence-corrected chi connectivity index (χ2v) is 5.61. The molecular weight excluding hydrogens is 228 g/mol. The van der Waals surface area contributed by atoms with Gasteiger partial charge in [0.25, 0.3) is 0 Å². The van der Waals surface area contributed by atoms with Crippen molar-refractivity contribution in [1.29, 1.82) is 0 Å². The maximum atomic E-state index is 11.9. The van der Waals surface area contributed by atoms with E-state index in [-0.39, 0.29) is 18.1 Å². The van der Waals surface area contributed by atoms with E-state index in [9.17, 15) is 9.90 Å². The first kappa shape index (κ1) is 15.4. The maximum Gasteiger partial charge on any atom is 0.234 e. The number of nitrogens with zero attached hydrogens (tertiary/aromatic N) is 1. The Morgan fingerprint density at radius 1 is 1.50 bits per heavy atom. The predicted octanol–water partition coefficient (Wildman–Crippen LogP) is 1.53. The Labute approximate surface area is 111 Å². The van der Waals surface area contributed by atoms with E-state index in [4.69, 9.17) is 0 Å². The Morgan fingerprint density at radius 3 is 2.83 bits per heavy atom. The van der Waals surface area contributed by atoms with E-state index in [1.807, 2.05) is 6.92 Å². The fourth-order valence-corrected chi connectivity index (χ4v) is 2.77. The number of aliphatic hydroxyl groups is 1. The lowest BCUT2D eigenvalue weighted by molar-refractivity contribution is -0.123.